The first-order valence-corrected chi connectivity index (χ1v) is 8.07. The van der Waals surface area contributed by atoms with E-state index in [0.717, 1.165) is 28.2 Å². The van der Waals surface area contributed by atoms with Gasteiger partial charge in [0.2, 0.25) is 5.91 Å². The summed E-state index contributed by atoms with van der Waals surface area (Å²) in [7, 11) is 0. The van der Waals surface area contributed by atoms with E-state index in [1.807, 2.05) is 41.8 Å². The summed E-state index contributed by atoms with van der Waals surface area (Å²) in [6.07, 6.45) is 2.87. The zero-order valence-electron chi connectivity index (χ0n) is 12.1. The molecule has 0 aliphatic heterocycles. The van der Waals surface area contributed by atoms with Crippen LogP contribution in [-0.4, -0.2) is 22.4 Å². The summed E-state index contributed by atoms with van der Waals surface area (Å²) in [5.74, 6) is 0.0448. The molecule has 1 amide bonds. The van der Waals surface area contributed by atoms with Crippen molar-refractivity contribution in [2.75, 3.05) is 6.54 Å². The van der Waals surface area contributed by atoms with Gasteiger partial charge < -0.3 is 10.3 Å². The molecule has 3 rings (SSSR count). The number of carbonyl (C=O) groups excluding carboxylic acids is 1. The average molecular weight is 311 g/mol. The van der Waals surface area contributed by atoms with Crippen LogP contribution in [-0.2, 0) is 17.6 Å². The van der Waals surface area contributed by atoms with E-state index in [4.69, 9.17) is 0 Å². The number of rotatable bonds is 6. The number of H-pyrrole nitrogens is 1. The fraction of sp³-hybridized carbons (Fsp3) is 0.176. The molecule has 0 atom stereocenters. The number of thiophene rings is 1. The number of imidazole rings is 1. The van der Waals surface area contributed by atoms with Crippen LogP contribution in [0.3, 0.4) is 0 Å². The minimum Gasteiger partial charge on any atom is -0.355 e. The molecule has 0 radical (unpaired) electrons. The Bertz CT molecular complexity index is 719. The number of hydrogen-bond acceptors (Lipinski definition) is 3. The maximum atomic E-state index is 11.9. The first kappa shape index (κ1) is 14.5. The highest BCUT2D eigenvalue weighted by molar-refractivity contribution is 7.13. The molecule has 112 valence electrons. The van der Waals surface area contributed by atoms with Gasteiger partial charge >= 0.3 is 0 Å². The van der Waals surface area contributed by atoms with E-state index in [9.17, 15) is 4.79 Å². The molecule has 2 heterocycles. The molecule has 0 aliphatic carbocycles. The maximum Gasteiger partial charge on any atom is 0.224 e. The molecule has 0 saturated carbocycles. The number of benzene rings is 1. The Balaban J connectivity index is 1.52. The van der Waals surface area contributed by atoms with Crippen molar-refractivity contribution in [1.29, 1.82) is 0 Å². The molecule has 22 heavy (non-hydrogen) atoms. The summed E-state index contributed by atoms with van der Waals surface area (Å²) in [5, 5.41) is 5.00. The Morgan fingerprint density at radius 1 is 1.18 bits per heavy atom. The first-order chi connectivity index (χ1) is 10.8. The van der Waals surface area contributed by atoms with E-state index in [0.29, 0.717) is 13.0 Å². The minimum absolute atomic E-state index is 0.0448. The third-order valence-corrected chi connectivity index (χ3v) is 4.25. The van der Waals surface area contributed by atoms with Gasteiger partial charge in [0.15, 0.2) is 0 Å². The van der Waals surface area contributed by atoms with Crippen molar-refractivity contribution in [3.63, 3.8) is 0 Å². The van der Waals surface area contributed by atoms with Crippen molar-refractivity contribution in [3.05, 3.63) is 65.4 Å². The van der Waals surface area contributed by atoms with Gasteiger partial charge in [-0.2, -0.15) is 0 Å². The highest BCUT2D eigenvalue weighted by Gasteiger charge is 2.09. The maximum absolute atomic E-state index is 11.9. The lowest BCUT2D eigenvalue weighted by Gasteiger charge is -2.05. The number of nitrogens with zero attached hydrogens (tertiary/aromatic N) is 1. The highest BCUT2D eigenvalue weighted by Crippen LogP contribution is 2.25. The zero-order chi connectivity index (χ0) is 15.2. The smallest absolute Gasteiger partial charge is 0.224 e. The third kappa shape index (κ3) is 3.62. The largest absolute Gasteiger partial charge is 0.355 e. The lowest BCUT2D eigenvalue weighted by Crippen LogP contribution is -2.27. The molecular formula is C17H17N3OS. The van der Waals surface area contributed by atoms with Gasteiger partial charge in [0.1, 0.15) is 5.69 Å². The number of nitrogens with one attached hydrogen (secondary N) is 2. The van der Waals surface area contributed by atoms with Gasteiger partial charge in [0.05, 0.1) is 17.6 Å². The van der Waals surface area contributed by atoms with Gasteiger partial charge in [-0.25, -0.2) is 4.98 Å². The van der Waals surface area contributed by atoms with Crippen LogP contribution in [0, 0.1) is 0 Å². The molecule has 0 saturated heterocycles. The predicted octanol–water partition coefficient (Wildman–Crippen LogP) is 3.04. The lowest BCUT2D eigenvalue weighted by atomic mass is 10.1. The minimum atomic E-state index is 0.0448. The van der Waals surface area contributed by atoms with E-state index in [2.05, 4.69) is 21.4 Å². The Kier molecular flexibility index (Phi) is 4.65. The monoisotopic (exact) mass is 311 g/mol. The molecule has 5 heteroatoms. The van der Waals surface area contributed by atoms with E-state index >= 15 is 0 Å². The van der Waals surface area contributed by atoms with E-state index in [-0.39, 0.29) is 5.91 Å². The Morgan fingerprint density at radius 3 is 2.82 bits per heavy atom. The van der Waals surface area contributed by atoms with Crippen LogP contribution in [0.1, 0.15) is 11.3 Å². The fourth-order valence-electron chi connectivity index (χ4n) is 2.31. The van der Waals surface area contributed by atoms with Gasteiger partial charge in [-0.3, -0.25) is 4.79 Å². The van der Waals surface area contributed by atoms with Crippen molar-refractivity contribution in [2.45, 2.75) is 12.8 Å². The van der Waals surface area contributed by atoms with Gasteiger partial charge in [0.25, 0.3) is 0 Å². The topological polar surface area (TPSA) is 57.8 Å². The molecule has 3 aromatic rings. The Labute approximate surface area is 133 Å². The number of aromatic amines is 1. The van der Waals surface area contributed by atoms with Crippen LogP contribution in [0.4, 0.5) is 0 Å². The molecule has 0 aliphatic rings. The van der Waals surface area contributed by atoms with Crippen LogP contribution in [0.2, 0.25) is 0 Å². The van der Waals surface area contributed by atoms with E-state index in [1.165, 1.54) is 0 Å². The molecule has 2 N–H and O–H groups in total. The molecule has 1 aromatic carbocycles. The van der Waals surface area contributed by atoms with Crippen molar-refractivity contribution < 1.29 is 4.79 Å². The number of amides is 1. The quantitative estimate of drug-likeness (QED) is 0.735. The number of aromatic nitrogens is 2. The van der Waals surface area contributed by atoms with E-state index < -0.39 is 0 Å². The van der Waals surface area contributed by atoms with Crippen LogP contribution in [0.25, 0.3) is 10.6 Å². The van der Waals surface area contributed by atoms with Gasteiger partial charge in [0, 0.05) is 18.7 Å². The SMILES string of the molecule is O=C(Cc1ccccc1)NCCc1[nH]cnc1-c1cccs1. The van der Waals surface area contributed by atoms with Crippen molar-refractivity contribution in [1.82, 2.24) is 15.3 Å². The normalized spacial score (nSPS) is 10.5. The van der Waals surface area contributed by atoms with Gasteiger partial charge in [-0.05, 0) is 17.0 Å². The second-order valence-corrected chi connectivity index (χ2v) is 5.92. The van der Waals surface area contributed by atoms with Gasteiger partial charge in [-0.1, -0.05) is 36.4 Å². The molecule has 0 unspecified atom stereocenters. The number of carbonyl (C=O) groups is 1. The summed E-state index contributed by atoms with van der Waals surface area (Å²) in [6, 6.07) is 13.8. The second kappa shape index (κ2) is 7.04. The average Bonchev–Trinajstić information content (AvgIpc) is 3.19. The summed E-state index contributed by atoms with van der Waals surface area (Å²) in [6.45, 7) is 0.603. The van der Waals surface area contributed by atoms with Crippen molar-refractivity contribution >= 4 is 17.2 Å². The molecule has 2 aromatic heterocycles. The van der Waals surface area contributed by atoms with Crippen LogP contribution in [0.5, 0.6) is 0 Å². The zero-order valence-corrected chi connectivity index (χ0v) is 12.9. The first-order valence-electron chi connectivity index (χ1n) is 7.19. The Morgan fingerprint density at radius 2 is 2.05 bits per heavy atom. The summed E-state index contributed by atoms with van der Waals surface area (Å²) >= 11 is 1.67. The summed E-state index contributed by atoms with van der Waals surface area (Å²) < 4.78 is 0. The van der Waals surface area contributed by atoms with Crippen LogP contribution >= 0.6 is 11.3 Å². The van der Waals surface area contributed by atoms with Crippen molar-refractivity contribution in [2.24, 2.45) is 0 Å². The van der Waals surface area contributed by atoms with Gasteiger partial charge in [-0.15, -0.1) is 11.3 Å². The standard InChI is InChI=1S/C17H17N3OS/c21-16(11-13-5-2-1-3-6-13)18-9-8-14-17(20-12-19-14)15-7-4-10-22-15/h1-7,10,12H,8-9,11H2,(H,18,21)(H,19,20). The molecule has 0 fully saturated rings. The highest BCUT2D eigenvalue weighted by atomic mass is 32.1. The summed E-state index contributed by atoms with van der Waals surface area (Å²) in [4.78, 5) is 20.6. The van der Waals surface area contributed by atoms with Crippen LogP contribution in [0.15, 0.2) is 54.2 Å². The third-order valence-electron chi connectivity index (χ3n) is 3.38. The van der Waals surface area contributed by atoms with Crippen molar-refractivity contribution in [3.8, 4) is 10.6 Å². The van der Waals surface area contributed by atoms with Crippen LogP contribution < -0.4 is 5.32 Å². The molecule has 0 spiro atoms. The summed E-state index contributed by atoms with van der Waals surface area (Å²) in [5.41, 5.74) is 3.07. The lowest BCUT2D eigenvalue weighted by molar-refractivity contribution is -0.120. The fourth-order valence-corrected chi connectivity index (χ4v) is 3.06. The molecule has 0 bridgehead atoms. The van der Waals surface area contributed by atoms with E-state index in [1.54, 1.807) is 17.7 Å². The molecule has 4 nitrogen and oxygen atoms in total. The predicted molar refractivity (Wildman–Crippen MR) is 88.8 cm³/mol. The number of hydrogen-bond donors (Lipinski definition) is 2. The Hall–Kier alpha value is -2.40. The molecular weight excluding hydrogens is 294 g/mol. The second-order valence-electron chi connectivity index (χ2n) is 4.97.